The summed E-state index contributed by atoms with van der Waals surface area (Å²) in [7, 11) is 0. The lowest BCUT2D eigenvalue weighted by Gasteiger charge is -2.11. The molecule has 0 saturated carbocycles. The van der Waals surface area contributed by atoms with Crippen molar-refractivity contribution in [3.63, 3.8) is 0 Å². The Morgan fingerprint density at radius 1 is 0.274 bits per heavy atom. The molecule has 12 aromatic rings. The van der Waals surface area contributed by atoms with Crippen LogP contribution in [0, 0.1) is 0 Å². The molecule has 3 aromatic heterocycles. The number of aromatic nitrogens is 3. The number of rotatable bonds is 7. The van der Waals surface area contributed by atoms with Crippen LogP contribution in [0.5, 0.6) is 0 Å². The van der Waals surface area contributed by atoms with Gasteiger partial charge in [0, 0.05) is 49.4 Å². The third-order valence-corrected chi connectivity index (χ3v) is 11.8. The van der Waals surface area contributed by atoms with Gasteiger partial charge in [-0.2, -0.15) is 0 Å². The molecule has 0 amide bonds. The van der Waals surface area contributed by atoms with Crippen molar-refractivity contribution in [2.45, 2.75) is 0 Å². The van der Waals surface area contributed by atoms with E-state index in [4.69, 9.17) is 23.8 Å². The van der Waals surface area contributed by atoms with Gasteiger partial charge in [-0.05, 0) is 69.8 Å². The Morgan fingerprint density at radius 3 is 1.32 bits per heavy atom. The minimum absolute atomic E-state index is 0.562. The van der Waals surface area contributed by atoms with Crippen molar-refractivity contribution >= 4 is 43.9 Å². The third-order valence-electron chi connectivity index (χ3n) is 11.8. The highest BCUT2D eigenvalue weighted by Gasteiger charge is 2.23. The number of hydrogen-bond acceptors (Lipinski definition) is 5. The van der Waals surface area contributed by atoms with Crippen molar-refractivity contribution in [2.24, 2.45) is 0 Å². The molecule has 0 aliphatic carbocycles. The highest BCUT2D eigenvalue weighted by Crippen LogP contribution is 2.46. The molecular formula is C57H35N3O2. The molecule has 9 aromatic carbocycles. The molecule has 0 radical (unpaired) electrons. The van der Waals surface area contributed by atoms with Crippen molar-refractivity contribution in [3.8, 4) is 78.7 Å². The SMILES string of the molecule is c1ccc(-c2nc(-c3ccc4oc5c(-c6ccccc6)c(-c6ccccc6)ccc5c4c3)nc(-c3cccc4oc5c(-c6ccccc6)c(-c6ccccc6)ccc5c34)n2)cc1. The molecule has 0 N–H and O–H groups in total. The predicted molar refractivity (Wildman–Crippen MR) is 252 cm³/mol. The highest BCUT2D eigenvalue weighted by atomic mass is 16.3. The molecule has 0 aliphatic rings. The molecule has 3 heterocycles. The second-order valence-corrected chi connectivity index (χ2v) is 15.5. The average molecular weight is 794 g/mol. The Balaban J connectivity index is 1.07. The van der Waals surface area contributed by atoms with E-state index in [0.29, 0.717) is 17.5 Å². The quantitative estimate of drug-likeness (QED) is 0.161. The van der Waals surface area contributed by atoms with Gasteiger partial charge < -0.3 is 8.83 Å². The van der Waals surface area contributed by atoms with E-state index in [2.05, 4.69) is 133 Å². The van der Waals surface area contributed by atoms with Crippen LogP contribution >= 0.6 is 0 Å². The van der Waals surface area contributed by atoms with Gasteiger partial charge >= 0.3 is 0 Å². The molecule has 0 bridgehead atoms. The lowest BCUT2D eigenvalue weighted by molar-refractivity contribution is 0.670. The van der Waals surface area contributed by atoms with Crippen LogP contribution in [0.25, 0.3) is 123 Å². The van der Waals surface area contributed by atoms with Gasteiger partial charge in [0.1, 0.15) is 22.3 Å². The largest absolute Gasteiger partial charge is 0.455 e. The first kappa shape index (κ1) is 35.5. The second-order valence-electron chi connectivity index (χ2n) is 15.5. The van der Waals surface area contributed by atoms with E-state index >= 15 is 0 Å². The Morgan fingerprint density at radius 2 is 0.742 bits per heavy atom. The molecule has 0 atom stereocenters. The molecule has 0 saturated heterocycles. The molecule has 62 heavy (non-hydrogen) atoms. The van der Waals surface area contributed by atoms with Crippen molar-refractivity contribution < 1.29 is 8.83 Å². The minimum Gasteiger partial charge on any atom is -0.455 e. The van der Waals surface area contributed by atoms with Gasteiger partial charge in [-0.3, -0.25) is 0 Å². The van der Waals surface area contributed by atoms with E-state index < -0.39 is 0 Å². The summed E-state index contributed by atoms with van der Waals surface area (Å²) in [6.07, 6.45) is 0. The number of hydrogen-bond donors (Lipinski definition) is 0. The molecule has 0 aliphatic heterocycles. The summed E-state index contributed by atoms with van der Waals surface area (Å²) in [5.41, 5.74) is 14.6. The lowest BCUT2D eigenvalue weighted by Crippen LogP contribution is -2.00. The monoisotopic (exact) mass is 793 g/mol. The van der Waals surface area contributed by atoms with Gasteiger partial charge in [0.25, 0.3) is 0 Å². The van der Waals surface area contributed by atoms with E-state index in [-0.39, 0.29) is 0 Å². The average Bonchev–Trinajstić information content (AvgIpc) is 3.93. The Kier molecular flexibility index (Phi) is 8.42. The van der Waals surface area contributed by atoms with E-state index in [1.54, 1.807) is 0 Å². The van der Waals surface area contributed by atoms with Crippen LogP contribution < -0.4 is 0 Å². The fraction of sp³-hybridized carbons (Fsp3) is 0. The lowest BCUT2D eigenvalue weighted by atomic mass is 9.92. The van der Waals surface area contributed by atoms with Crippen LogP contribution in [0.4, 0.5) is 0 Å². The van der Waals surface area contributed by atoms with Crippen LogP contribution in [0.2, 0.25) is 0 Å². The van der Waals surface area contributed by atoms with Gasteiger partial charge in [0.15, 0.2) is 17.5 Å². The molecule has 290 valence electrons. The zero-order valence-corrected chi connectivity index (χ0v) is 33.4. The fourth-order valence-corrected chi connectivity index (χ4v) is 8.90. The zero-order valence-electron chi connectivity index (χ0n) is 33.4. The molecule has 0 fully saturated rings. The Hall–Kier alpha value is -8.41. The molecule has 5 nitrogen and oxygen atoms in total. The van der Waals surface area contributed by atoms with Gasteiger partial charge in [-0.1, -0.05) is 176 Å². The maximum atomic E-state index is 6.87. The van der Waals surface area contributed by atoms with Gasteiger partial charge in [-0.25, -0.2) is 15.0 Å². The first-order valence-corrected chi connectivity index (χ1v) is 20.8. The standard InChI is InChI=1S/C57H35N3O2/c1-6-17-36(18-7-1)42-30-32-44-47-35-41(29-34-48(47)61-53(44)50(42)38-21-10-3-11-22-38)56-58-55(40-25-14-5-15-26-40)59-57(60-56)46-27-16-28-49-52(46)45-33-31-43(37-19-8-2-9-20-37)51(54(45)62-49)39-23-12-4-13-24-39/h1-35H. The summed E-state index contributed by atoms with van der Waals surface area (Å²) in [6.45, 7) is 0. The summed E-state index contributed by atoms with van der Waals surface area (Å²) in [4.78, 5) is 15.6. The highest BCUT2D eigenvalue weighted by molar-refractivity contribution is 6.17. The van der Waals surface area contributed by atoms with Gasteiger partial charge in [0.2, 0.25) is 0 Å². The van der Waals surface area contributed by atoms with Gasteiger partial charge in [-0.15, -0.1) is 0 Å². The smallest absolute Gasteiger partial charge is 0.164 e. The summed E-state index contributed by atoms with van der Waals surface area (Å²) >= 11 is 0. The summed E-state index contributed by atoms with van der Waals surface area (Å²) in [5, 5.41) is 3.96. The van der Waals surface area contributed by atoms with Crippen molar-refractivity contribution in [3.05, 3.63) is 212 Å². The Labute approximate surface area is 357 Å². The molecule has 12 rings (SSSR count). The van der Waals surface area contributed by atoms with Crippen molar-refractivity contribution in [2.75, 3.05) is 0 Å². The first-order chi connectivity index (χ1) is 30.7. The van der Waals surface area contributed by atoms with Crippen LogP contribution in [-0.2, 0) is 0 Å². The van der Waals surface area contributed by atoms with Crippen molar-refractivity contribution in [1.82, 2.24) is 15.0 Å². The fourth-order valence-electron chi connectivity index (χ4n) is 8.90. The summed E-state index contributed by atoms with van der Waals surface area (Å²) in [6, 6.07) is 73.1. The minimum atomic E-state index is 0.562. The number of benzene rings is 9. The van der Waals surface area contributed by atoms with Crippen LogP contribution in [0.1, 0.15) is 0 Å². The van der Waals surface area contributed by atoms with E-state index in [1.807, 2.05) is 78.9 Å². The number of nitrogens with zero attached hydrogens (tertiary/aromatic N) is 3. The van der Waals surface area contributed by atoms with Crippen LogP contribution in [0.3, 0.4) is 0 Å². The second kappa shape index (κ2) is 14.7. The third kappa shape index (κ3) is 5.98. The number of fused-ring (bicyclic) bond motifs is 6. The van der Waals surface area contributed by atoms with Crippen molar-refractivity contribution in [1.29, 1.82) is 0 Å². The van der Waals surface area contributed by atoms with Crippen LogP contribution in [-0.4, -0.2) is 15.0 Å². The molecular weight excluding hydrogens is 759 g/mol. The van der Waals surface area contributed by atoms with E-state index in [1.165, 1.54) is 0 Å². The summed E-state index contributed by atoms with van der Waals surface area (Å²) in [5.74, 6) is 1.71. The van der Waals surface area contributed by atoms with Gasteiger partial charge in [0.05, 0.1) is 0 Å². The molecule has 5 heteroatoms. The number of furan rings is 2. The van der Waals surface area contributed by atoms with E-state index in [9.17, 15) is 0 Å². The molecule has 0 unspecified atom stereocenters. The van der Waals surface area contributed by atoms with Crippen LogP contribution in [0.15, 0.2) is 221 Å². The topological polar surface area (TPSA) is 65.0 Å². The summed E-state index contributed by atoms with van der Waals surface area (Å²) < 4.78 is 13.6. The maximum Gasteiger partial charge on any atom is 0.164 e. The Bertz CT molecular complexity index is 3600. The predicted octanol–water partition coefficient (Wildman–Crippen LogP) is 15.3. The molecule has 0 spiro atoms. The maximum absolute atomic E-state index is 6.87. The van der Waals surface area contributed by atoms with E-state index in [0.717, 1.165) is 105 Å². The normalized spacial score (nSPS) is 11.5. The first-order valence-electron chi connectivity index (χ1n) is 20.8. The zero-order chi connectivity index (χ0) is 41.0.